The van der Waals surface area contributed by atoms with Crippen molar-refractivity contribution in [3.63, 3.8) is 0 Å². The maximum absolute atomic E-state index is 13.0. The fourth-order valence-corrected chi connectivity index (χ4v) is 4.53. The van der Waals surface area contributed by atoms with Gasteiger partial charge in [-0.3, -0.25) is 0 Å². The van der Waals surface area contributed by atoms with E-state index < -0.39 is 16.1 Å². The number of halogens is 1. The molecule has 0 aromatic heterocycles. The SMILES string of the molecule is C[C@@H](N)C1=Nc2cccc(Cl)c2S(=O)(=O)N1c1ccccc1. The highest BCUT2D eigenvalue weighted by Gasteiger charge is 2.38. The highest BCUT2D eigenvalue weighted by atomic mass is 35.5. The molecule has 22 heavy (non-hydrogen) atoms. The van der Waals surface area contributed by atoms with Crippen LogP contribution in [-0.4, -0.2) is 20.3 Å². The summed E-state index contributed by atoms with van der Waals surface area (Å²) in [6, 6.07) is 13.0. The summed E-state index contributed by atoms with van der Waals surface area (Å²) >= 11 is 6.10. The van der Waals surface area contributed by atoms with E-state index in [2.05, 4.69) is 4.99 Å². The van der Waals surface area contributed by atoms with Crippen LogP contribution in [0.25, 0.3) is 0 Å². The third-order valence-electron chi connectivity index (χ3n) is 3.29. The van der Waals surface area contributed by atoms with Crippen molar-refractivity contribution in [1.82, 2.24) is 0 Å². The number of hydrogen-bond donors (Lipinski definition) is 1. The first-order chi connectivity index (χ1) is 10.4. The minimum absolute atomic E-state index is 0.00456. The zero-order chi connectivity index (χ0) is 15.9. The third-order valence-corrected chi connectivity index (χ3v) is 5.54. The molecule has 2 N–H and O–H groups in total. The van der Waals surface area contributed by atoms with Crippen LogP contribution in [0.4, 0.5) is 11.4 Å². The molecule has 0 fully saturated rings. The Hall–Kier alpha value is -1.89. The summed E-state index contributed by atoms with van der Waals surface area (Å²) in [5, 5.41) is 0.144. The van der Waals surface area contributed by atoms with Crippen LogP contribution in [0.2, 0.25) is 5.02 Å². The van der Waals surface area contributed by atoms with Crippen LogP contribution in [0.3, 0.4) is 0 Å². The number of amidine groups is 1. The Morgan fingerprint density at radius 1 is 1.14 bits per heavy atom. The molecule has 1 aliphatic rings. The Morgan fingerprint density at radius 2 is 1.82 bits per heavy atom. The van der Waals surface area contributed by atoms with E-state index in [-0.39, 0.29) is 15.8 Å². The molecule has 7 heteroatoms. The number of hydrogen-bond acceptors (Lipinski definition) is 4. The first-order valence-corrected chi connectivity index (χ1v) is 8.48. The summed E-state index contributed by atoms with van der Waals surface area (Å²) < 4.78 is 27.2. The zero-order valence-corrected chi connectivity index (χ0v) is 13.3. The quantitative estimate of drug-likeness (QED) is 0.916. The number of nitrogens with zero attached hydrogens (tertiary/aromatic N) is 2. The van der Waals surface area contributed by atoms with Gasteiger partial charge in [-0.1, -0.05) is 35.9 Å². The van der Waals surface area contributed by atoms with E-state index in [1.807, 2.05) is 6.07 Å². The van der Waals surface area contributed by atoms with Gasteiger partial charge in [-0.25, -0.2) is 17.7 Å². The smallest absolute Gasteiger partial charge is 0.273 e. The minimum Gasteiger partial charge on any atom is -0.322 e. The van der Waals surface area contributed by atoms with Gasteiger partial charge < -0.3 is 5.73 Å². The van der Waals surface area contributed by atoms with E-state index in [9.17, 15) is 8.42 Å². The van der Waals surface area contributed by atoms with Crippen molar-refractivity contribution in [2.45, 2.75) is 17.9 Å². The number of rotatable bonds is 2. The summed E-state index contributed by atoms with van der Waals surface area (Å²) in [5.74, 6) is 0.265. The molecule has 0 radical (unpaired) electrons. The van der Waals surface area contributed by atoms with E-state index >= 15 is 0 Å². The second kappa shape index (κ2) is 5.39. The molecule has 0 aliphatic carbocycles. The molecular weight excluding hydrogens is 322 g/mol. The Labute approximate surface area is 134 Å². The van der Waals surface area contributed by atoms with Gasteiger partial charge in [-0.05, 0) is 31.2 Å². The lowest BCUT2D eigenvalue weighted by molar-refractivity contribution is 0.595. The van der Waals surface area contributed by atoms with Crippen molar-refractivity contribution in [2.75, 3.05) is 4.31 Å². The maximum atomic E-state index is 13.0. The van der Waals surface area contributed by atoms with Crippen LogP contribution in [0.1, 0.15) is 6.92 Å². The van der Waals surface area contributed by atoms with Gasteiger partial charge in [0.25, 0.3) is 10.0 Å². The maximum Gasteiger partial charge on any atom is 0.273 e. The van der Waals surface area contributed by atoms with Crippen LogP contribution in [-0.2, 0) is 10.0 Å². The predicted octanol–water partition coefficient (Wildman–Crippen LogP) is 2.93. The molecule has 1 atom stereocenters. The lowest BCUT2D eigenvalue weighted by Gasteiger charge is -2.31. The molecule has 0 unspecified atom stereocenters. The molecule has 2 aromatic carbocycles. The number of para-hydroxylation sites is 1. The van der Waals surface area contributed by atoms with Gasteiger partial charge in [-0.15, -0.1) is 0 Å². The van der Waals surface area contributed by atoms with Gasteiger partial charge in [-0.2, -0.15) is 0 Å². The highest BCUT2D eigenvalue weighted by molar-refractivity contribution is 7.94. The van der Waals surface area contributed by atoms with Gasteiger partial charge >= 0.3 is 0 Å². The first kappa shape index (κ1) is 15.0. The van der Waals surface area contributed by atoms with Crippen molar-refractivity contribution in [3.05, 3.63) is 53.6 Å². The number of benzene rings is 2. The van der Waals surface area contributed by atoms with E-state index in [4.69, 9.17) is 17.3 Å². The van der Waals surface area contributed by atoms with E-state index in [0.717, 1.165) is 4.31 Å². The van der Waals surface area contributed by atoms with Crippen LogP contribution in [0, 0.1) is 0 Å². The minimum atomic E-state index is -3.87. The molecule has 3 rings (SSSR count). The third kappa shape index (κ3) is 2.29. The van der Waals surface area contributed by atoms with Crippen LogP contribution in [0.5, 0.6) is 0 Å². The molecule has 5 nitrogen and oxygen atoms in total. The van der Waals surface area contributed by atoms with E-state index in [1.54, 1.807) is 43.3 Å². The molecular formula is C15H14ClN3O2S. The molecule has 0 bridgehead atoms. The Balaban J connectivity index is 2.33. The van der Waals surface area contributed by atoms with Crippen molar-refractivity contribution in [3.8, 4) is 0 Å². The molecule has 1 heterocycles. The normalized spacial score (nSPS) is 17.6. The molecule has 0 saturated carbocycles. The topological polar surface area (TPSA) is 75.8 Å². The number of aliphatic imine (C=N–C) groups is 1. The van der Waals surface area contributed by atoms with Crippen molar-refractivity contribution < 1.29 is 8.42 Å². The van der Waals surface area contributed by atoms with Crippen LogP contribution >= 0.6 is 11.6 Å². The molecule has 0 saturated heterocycles. The van der Waals surface area contributed by atoms with E-state index in [1.165, 1.54) is 6.07 Å². The Morgan fingerprint density at radius 3 is 2.45 bits per heavy atom. The fraction of sp³-hybridized carbons (Fsp3) is 0.133. The number of anilines is 1. The summed E-state index contributed by atoms with van der Waals surface area (Å²) in [6.45, 7) is 1.69. The second-order valence-corrected chi connectivity index (χ2v) is 7.08. The Kier molecular flexibility index (Phi) is 3.68. The lowest BCUT2D eigenvalue weighted by atomic mass is 10.2. The van der Waals surface area contributed by atoms with Crippen molar-refractivity contribution >= 4 is 38.8 Å². The van der Waals surface area contributed by atoms with Crippen LogP contribution in [0.15, 0.2) is 58.4 Å². The molecule has 1 aliphatic heterocycles. The summed E-state index contributed by atoms with van der Waals surface area (Å²) in [6.07, 6.45) is 0. The largest absolute Gasteiger partial charge is 0.322 e. The monoisotopic (exact) mass is 335 g/mol. The van der Waals surface area contributed by atoms with Gasteiger partial charge in [0.05, 0.1) is 22.4 Å². The van der Waals surface area contributed by atoms with Gasteiger partial charge in [0.2, 0.25) is 0 Å². The first-order valence-electron chi connectivity index (χ1n) is 6.66. The van der Waals surface area contributed by atoms with Crippen molar-refractivity contribution in [1.29, 1.82) is 0 Å². The average molecular weight is 336 g/mol. The summed E-state index contributed by atoms with van der Waals surface area (Å²) in [7, 11) is -3.87. The summed E-state index contributed by atoms with van der Waals surface area (Å²) in [5.41, 5.74) is 6.73. The molecule has 114 valence electrons. The standard InChI is InChI=1S/C15H14ClN3O2S/c1-10(17)15-18-13-9-5-8-12(16)14(13)22(20,21)19(15)11-6-3-2-4-7-11/h2-10H,17H2,1H3/t10-/m1/s1. The van der Waals surface area contributed by atoms with Gasteiger partial charge in [0.15, 0.2) is 0 Å². The fourth-order valence-electron chi connectivity index (χ4n) is 2.35. The zero-order valence-electron chi connectivity index (χ0n) is 11.8. The molecule has 0 spiro atoms. The lowest BCUT2D eigenvalue weighted by Crippen LogP contribution is -2.47. The molecule has 0 amide bonds. The van der Waals surface area contributed by atoms with Crippen LogP contribution < -0.4 is 10.0 Å². The summed E-state index contributed by atoms with van der Waals surface area (Å²) in [4.78, 5) is 4.42. The number of nitrogens with two attached hydrogens (primary N) is 1. The van der Waals surface area contributed by atoms with Gasteiger partial charge in [0.1, 0.15) is 10.7 Å². The predicted molar refractivity (Wildman–Crippen MR) is 88.3 cm³/mol. The van der Waals surface area contributed by atoms with E-state index in [0.29, 0.717) is 11.4 Å². The van der Waals surface area contributed by atoms with Gasteiger partial charge in [0, 0.05) is 0 Å². The number of sulfonamides is 1. The second-order valence-electron chi connectivity index (χ2n) is 4.95. The Bertz CT molecular complexity index is 848. The average Bonchev–Trinajstić information content (AvgIpc) is 2.46. The van der Waals surface area contributed by atoms with Crippen molar-refractivity contribution in [2.24, 2.45) is 10.7 Å². The highest BCUT2D eigenvalue weighted by Crippen LogP contribution is 2.39. The number of fused-ring (bicyclic) bond motifs is 1. The molecule has 2 aromatic rings.